The van der Waals surface area contributed by atoms with Crippen LogP contribution in [0.1, 0.15) is 24.4 Å². The van der Waals surface area contributed by atoms with Crippen LogP contribution < -0.4 is 5.32 Å². The zero-order valence-corrected chi connectivity index (χ0v) is 15.1. The van der Waals surface area contributed by atoms with Gasteiger partial charge in [0, 0.05) is 23.1 Å². The predicted molar refractivity (Wildman–Crippen MR) is 99.7 cm³/mol. The maximum atomic E-state index is 12.9. The summed E-state index contributed by atoms with van der Waals surface area (Å²) in [5, 5.41) is 4.42. The molecule has 4 nitrogen and oxygen atoms in total. The van der Waals surface area contributed by atoms with E-state index in [0.29, 0.717) is 15.8 Å². The van der Waals surface area contributed by atoms with Gasteiger partial charge in [0.25, 0.3) is 0 Å². The zero-order valence-electron chi connectivity index (χ0n) is 14.3. The van der Waals surface area contributed by atoms with Crippen LogP contribution in [0, 0.1) is 6.92 Å². The van der Waals surface area contributed by atoms with Gasteiger partial charge in [0.05, 0.1) is 9.79 Å². The van der Waals surface area contributed by atoms with Crippen molar-refractivity contribution in [2.45, 2.75) is 35.6 Å². The van der Waals surface area contributed by atoms with E-state index in [9.17, 15) is 8.42 Å². The molecule has 1 fully saturated rings. The van der Waals surface area contributed by atoms with Crippen LogP contribution in [-0.2, 0) is 9.84 Å². The summed E-state index contributed by atoms with van der Waals surface area (Å²) in [5.41, 5.74) is 2.25. The highest BCUT2D eigenvalue weighted by atomic mass is 32.2. The predicted octanol–water partition coefficient (Wildman–Crippen LogP) is 3.71. The Morgan fingerprint density at radius 2 is 1.72 bits per heavy atom. The number of fused-ring (bicyclic) bond motifs is 1. The molecule has 0 spiro atoms. The lowest BCUT2D eigenvalue weighted by atomic mass is 10.1. The number of rotatable bonds is 3. The van der Waals surface area contributed by atoms with Gasteiger partial charge in [-0.25, -0.2) is 8.42 Å². The number of hydrogen-bond donors (Lipinski definition) is 1. The van der Waals surface area contributed by atoms with Crippen LogP contribution in [0.3, 0.4) is 0 Å². The highest BCUT2D eigenvalue weighted by Gasteiger charge is 2.21. The van der Waals surface area contributed by atoms with E-state index in [1.807, 2.05) is 18.2 Å². The Kier molecular flexibility index (Phi) is 4.13. The molecule has 1 aliphatic rings. The first-order valence-corrected chi connectivity index (χ1v) is 10.2. The Bertz CT molecular complexity index is 1000. The van der Waals surface area contributed by atoms with Crippen molar-refractivity contribution < 1.29 is 8.42 Å². The van der Waals surface area contributed by atoms with Crippen LogP contribution in [0.5, 0.6) is 0 Å². The van der Waals surface area contributed by atoms with Crippen LogP contribution in [-0.4, -0.2) is 26.1 Å². The van der Waals surface area contributed by atoms with Crippen molar-refractivity contribution in [3.8, 4) is 0 Å². The molecule has 1 N–H and O–H groups in total. The van der Waals surface area contributed by atoms with Gasteiger partial charge in [0.15, 0.2) is 0 Å². The largest absolute Gasteiger partial charge is 0.344 e. The van der Waals surface area contributed by atoms with Gasteiger partial charge in [-0.2, -0.15) is 0 Å². The minimum atomic E-state index is -3.48. The number of sulfone groups is 1. The first-order valence-electron chi connectivity index (χ1n) is 8.69. The maximum absolute atomic E-state index is 12.9. The molecule has 25 heavy (non-hydrogen) atoms. The van der Waals surface area contributed by atoms with Gasteiger partial charge >= 0.3 is 0 Å². The van der Waals surface area contributed by atoms with Gasteiger partial charge in [-0.3, -0.25) is 0 Å². The zero-order chi connectivity index (χ0) is 17.4. The smallest absolute Gasteiger partial charge is 0.206 e. The summed E-state index contributed by atoms with van der Waals surface area (Å²) in [6.45, 7) is 4.12. The van der Waals surface area contributed by atoms with Gasteiger partial charge < -0.3 is 9.88 Å². The molecule has 5 heteroatoms. The van der Waals surface area contributed by atoms with Crippen molar-refractivity contribution in [3.05, 3.63) is 60.3 Å². The third-order valence-corrected chi connectivity index (χ3v) is 6.84. The van der Waals surface area contributed by atoms with Gasteiger partial charge in [-0.15, -0.1) is 0 Å². The summed E-state index contributed by atoms with van der Waals surface area (Å²) in [6.07, 6.45) is 4.38. The molecule has 0 aliphatic carbocycles. The molecule has 1 aromatic heterocycles. The highest BCUT2D eigenvalue weighted by molar-refractivity contribution is 7.91. The quantitative estimate of drug-likeness (QED) is 0.780. The van der Waals surface area contributed by atoms with E-state index in [-0.39, 0.29) is 0 Å². The lowest BCUT2D eigenvalue weighted by molar-refractivity contribution is 0.376. The first-order chi connectivity index (χ1) is 12.1. The van der Waals surface area contributed by atoms with Crippen LogP contribution in [0.2, 0.25) is 0 Å². The summed E-state index contributed by atoms with van der Waals surface area (Å²) in [6, 6.07) is 14.6. The Morgan fingerprint density at radius 3 is 2.44 bits per heavy atom. The van der Waals surface area contributed by atoms with E-state index in [4.69, 9.17) is 0 Å². The summed E-state index contributed by atoms with van der Waals surface area (Å²) >= 11 is 0. The van der Waals surface area contributed by atoms with Crippen molar-refractivity contribution in [3.63, 3.8) is 0 Å². The number of nitrogens with zero attached hydrogens (tertiary/aromatic N) is 1. The Balaban J connectivity index is 1.80. The number of aryl methyl sites for hydroxylation is 1. The second-order valence-electron chi connectivity index (χ2n) is 6.70. The van der Waals surface area contributed by atoms with Crippen LogP contribution >= 0.6 is 0 Å². The first kappa shape index (κ1) is 16.4. The molecular weight excluding hydrogens is 332 g/mol. The van der Waals surface area contributed by atoms with Crippen LogP contribution in [0.15, 0.2) is 64.5 Å². The molecule has 0 atom stereocenters. The van der Waals surface area contributed by atoms with E-state index in [1.54, 1.807) is 30.3 Å². The summed E-state index contributed by atoms with van der Waals surface area (Å²) in [5.74, 6) is 0. The Hall–Kier alpha value is -2.11. The van der Waals surface area contributed by atoms with E-state index in [1.165, 1.54) is 0 Å². The van der Waals surface area contributed by atoms with Crippen molar-refractivity contribution in [2.24, 2.45) is 0 Å². The monoisotopic (exact) mass is 354 g/mol. The molecule has 0 saturated carbocycles. The molecule has 130 valence electrons. The summed E-state index contributed by atoms with van der Waals surface area (Å²) < 4.78 is 28.1. The van der Waals surface area contributed by atoms with Crippen molar-refractivity contribution >= 4 is 20.7 Å². The standard InChI is InChI=1S/C20H22N2O2S/c1-15-14-22(16-9-11-21-12-10-16)20-8-7-18(13-19(15)20)25(23,24)17-5-3-2-4-6-17/h2-8,13-14,16,21H,9-12H2,1H3. The van der Waals surface area contributed by atoms with Crippen molar-refractivity contribution in [1.29, 1.82) is 0 Å². The van der Waals surface area contributed by atoms with E-state index < -0.39 is 9.84 Å². The van der Waals surface area contributed by atoms with Gasteiger partial charge in [0.1, 0.15) is 0 Å². The fraction of sp³-hybridized carbons (Fsp3) is 0.300. The molecule has 4 rings (SSSR count). The fourth-order valence-corrected chi connectivity index (χ4v) is 5.00. The molecule has 2 aromatic carbocycles. The van der Waals surface area contributed by atoms with E-state index >= 15 is 0 Å². The highest BCUT2D eigenvalue weighted by Crippen LogP contribution is 2.31. The van der Waals surface area contributed by atoms with Gasteiger partial charge in [-0.1, -0.05) is 18.2 Å². The van der Waals surface area contributed by atoms with Crippen molar-refractivity contribution in [1.82, 2.24) is 9.88 Å². The molecule has 0 radical (unpaired) electrons. The molecule has 3 aromatic rings. The second kappa shape index (κ2) is 6.32. The van der Waals surface area contributed by atoms with E-state index in [0.717, 1.165) is 42.4 Å². The van der Waals surface area contributed by atoms with Crippen LogP contribution in [0.4, 0.5) is 0 Å². The fourth-order valence-electron chi connectivity index (χ4n) is 3.69. The number of hydrogen-bond acceptors (Lipinski definition) is 3. The summed E-state index contributed by atoms with van der Waals surface area (Å²) in [7, 11) is -3.48. The Labute approximate surface area is 148 Å². The SMILES string of the molecule is Cc1cn(C2CCNCC2)c2ccc(S(=O)(=O)c3ccccc3)cc12. The van der Waals surface area contributed by atoms with E-state index in [2.05, 4.69) is 23.0 Å². The number of piperidine rings is 1. The van der Waals surface area contributed by atoms with Gasteiger partial charge in [0.2, 0.25) is 9.84 Å². The molecule has 0 bridgehead atoms. The van der Waals surface area contributed by atoms with Gasteiger partial charge in [-0.05, 0) is 68.8 Å². The lowest BCUT2D eigenvalue weighted by Gasteiger charge is -2.25. The molecule has 1 aliphatic heterocycles. The molecule has 0 amide bonds. The number of benzene rings is 2. The minimum Gasteiger partial charge on any atom is -0.344 e. The molecule has 1 saturated heterocycles. The third-order valence-electron chi connectivity index (χ3n) is 5.07. The molecule has 2 heterocycles. The number of aromatic nitrogens is 1. The normalized spacial score (nSPS) is 16.4. The van der Waals surface area contributed by atoms with Crippen LogP contribution in [0.25, 0.3) is 10.9 Å². The summed E-state index contributed by atoms with van der Waals surface area (Å²) in [4.78, 5) is 0.696. The molecular formula is C20H22N2O2S. The average molecular weight is 354 g/mol. The maximum Gasteiger partial charge on any atom is 0.206 e. The average Bonchev–Trinajstić information content (AvgIpc) is 2.99. The minimum absolute atomic E-state index is 0.338. The van der Waals surface area contributed by atoms with Crippen molar-refractivity contribution in [2.75, 3.05) is 13.1 Å². The second-order valence-corrected chi connectivity index (χ2v) is 8.65. The molecule has 0 unspecified atom stereocenters. The Morgan fingerprint density at radius 1 is 1.00 bits per heavy atom. The lowest BCUT2D eigenvalue weighted by Crippen LogP contribution is -2.29. The third kappa shape index (κ3) is 2.87. The number of nitrogens with one attached hydrogen (secondary N) is 1. The topological polar surface area (TPSA) is 51.1 Å².